The molecule has 0 aliphatic heterocycles. The molecule has 0 unspecified atom stereocenters. The number of aliphatic hydroxyl groups excluding tert-OH is 1. The summed E-state index contributed by atoms with van der Waals surface area (Å²) in [6.07, 6.45) is -0.591. The summed E-state index contributed by atoms with van der Waals surface area (Å²) >= 11 is 0. The Balaban J connectivity index is 3.76. The van der Waals surface area contributed by atoms with Crippen LogP contribution in [0.4, 0.5) is 0 Å². The highest BCUT2D eigenvalue weighted by Gasteiger charge is 2.13. The van der Waals surface area contributed by atoms with Crippen molar-refractivity contribution in [1.82, 2.24) is 0 Å². The van der Waals surface area contributed by atoms with Gasteiger partial charge in [-0.15, -0.1) is 0 Å². The van der Waals surface area contributed by atoms with Crippen LogP contribution in [0.1, 0.15) is 6.42 Å². The summed E-state index contributed by atoms with van der Waals surface area (Å²) in [6, 6.07) is 0. The van der Waals surface area contributed by atoms with Crippen molar-refractivity contribution in [2.75, 3.05) is 20.0 Å². The third-order valence-electron chi connectivity index (χ3n) is 1.10. The fourth-order valence-electron chi connectivity index (χ4n) is 0.537. The Labute approximate surface area is 76.6 Å². The van der Waals surface area contributed by atoms with E-state index in [1.807, 2.05) is 0 Å². The maximum Gasteiger partial charge on any atom is 0.308 e. The SMILES string of the molecule is COC(=O)C[C@H](O)COS(C)(=O)=O. The molecular formula is C6H12O6S. The minimum Gasteiger partial charge on any atom is -0.469 e. The van der Waals surface area contributed by atoms with Crippen molar-refractivity contribution in [2.45, 2.75) is 12.5 Å². The molecule has 0 amide bonds. The zero-order valence-electron chi connectivity index (χ0n) is 7.39. The van der Waals surface area contributed by atoms with Crippen molar-refractivity contribution in [2.24, 2.45) is 0 Å². The van der Waals surface area contributed by atoms with E-state index < -0.39 is 28.8 Å². The topological polar surface area (TPSA) is 89.9 Å². The van der Waals surface area contributed by atoms with Crippen molar-refractivity contribution in [3.8, 4) is 0 Å². The van der Waals surface area contributed by atoms with E-state index in [1.54, 1.807) is 0 Å². The number of carbonyl (C=O) groups excluding carboxylic acids is 1. The lowest BCUT2D eigenvalue weighted by atomic mass is 10.3. The first-order valence-electron chi connectivity index (χ1n) is 3.44. The molecule has 0 spiro atoms. The smallest absolute Gasteiger partial charge is 0.308 e. The molecule has 0 aromatic heterocycles. The van der Waals surface area contributed by atoms with Crippen LogP contribution >= 0.6 is 0 Å². The molecule has 0 bridgehead atoms. The molecule has 1 atom stereocenters. The summed E-state index contributed by atoms with van der Waals surface area (Å²) < 4.78 is 29.4. The maximum atomic E-state index is 10.6. The van der Waals surface area contributed by atoms with Gasteiger partial charge < -0.3 is 9.84 Å². The molecule has 0 saturated carbocycles. The van der Waals surface area contributed by atoms with Gasteiger partial charge in [0.15, 0.2) is 0 Å². The van der Waals surface area contributed by atoms with E-state index in [0.29, 0.717) is 0 Å². The molecule has 1 N–H and O–H groups in total. The fraction of sp³-hybridized carbons (Fsp3) is 0.833. The summed E-state index contributed by atoms with van der Waals surface area (Å²) in [6.45, 7) is -0.437. The van der Waals surface area contributed by atoms with Gasteiger partial charge in [-0.2, -0.15) is 8.42 Å². The summed E-state index contributed by atoms with van der Waals surface area (Å²) in [4.78, 5) is 10.6. The van der Waals surface area contributed by atoms with Crippen LogP contribution in [0.5, 0.6) is 0 Å². The minimum absolute atomic E-state index is 0.286. The monoisotopic (exact) mass is 212 g/mol. The Kier molecular flexibility index (Phi) is 4.89. The van der Waals surface area contributed by atoms with E-state index in [0.717, 1.165) is 6.26 Å². The highest BCUT2D eigenvalue weighted by atomic mass is 32.2. The predicted molar refractivity (Wildman–Crippen MR) is 43.4 cm³/mol. The Morgan fingerprint density at radius 2 is 2.08 bits per heavy atom. The predicted octanol–water partition coefficient (Wildman–Crippen LogP) is -1.11. The average Bonchev–Trinajstić information content (AvgIpc) is 1.99. The molecule has 0 aromatic carbocycles. The van der Waals surface area contributed by atoms with Gasteiger partial charge in [0, 0.05) is 0 Å². The first kappa shape index (κ1) is 12.3. The van der Waals surface area contributed by atoms with E-state index in [2.05, 4.69) is 8.92 Å². The zero-order chi connectivity index (χ0) is 10.5. The molecule has 7 heteroatoms. The lowest BCUT2D eigenvalue weighted by Crippen LogP contribution is -2.22. The quantitative estimate of drug-likeness (QED) is 0.459. The number of hydrogen-bond acceptors (Lipinski definition) is 6. The van der Waals surface area contributed by atoms with E-state index in [-0.39, 0.29) is 6.42 Å². The van der Waals surface area contributed by atoms with E-state index in [4.69, 9.17) is 5.11 Å². The molecule has 0 heterocycles. The second-order valence-electron chi connectivity index (χ2n) is 2.42. The van der Waals surface area contributed by atoms with Gasteiger partial charge >= 0.3 is 5.97 Å². The minimum atomic E-state index is -3.57. The van der Waals surface area contributed by atoms with E-state index >= 15 is 0 Å². The molecule has 0 rings (SSSR count). The van der Waals surface area contributed by atoms with Gasteiger partial charge in [0.1, 0.15) is 0 Å². The zero-order valence-corrected chi connectivity index (χ0v) is 8.20. The standard InChI is InChI=1S/C6H12O6S/c1-11-6(8)3-5(7)4-12-13(2,9)10/h5,7H,3-4H2,1-2H3/t5-/m0/s1. The number of methoxy groups -OCH3 is 1. The fourth-order valence-corrected chi connectivity index (χ4v) is 0.941. The molecule has 0 aromatic rings. The molecule has 0 saturated heterocycles. The van der Waals surface area contributed by atoms with Crippen molar-refractivity contribution in [3.05, 3.63) is 0 Å². The van der Waals surface area contributed by atoms with Gasteiger partial charge in [0.05, 0.1) is 32.5 Å². The first-order chi connectivity index (χ1) is 5.85. The second-order valence-corrected chi connectivity index (χ2v) is 4.07. The number of hydrogen-bond donors (Lipinski definition) is 1. The Morgan fingerprint density at radius 3 is 2.46 bits per heavy atom. The van der Waals surface area contributed by atoms with Gasteiger partial charge in [0.2, 0.25) is 0 Å². The normalized spacial score (nSPS) is 13.8. The third-order valence-corrected chi connectivity index (χ3v) is 1.67. The molecule has 0 aliphatic rings. The molecule has 6 nitrogen and oxygen atoms in total. The molecule has 0 aliphatic carbocycles. The van der Waals surface area contributed by atoms with Crippen molar-refractivity contribution in [1.29, 1.82) is 0 Å². The van der Waals surface area contributed by atoms with Crippen LogP contribution < -0.4 is 0 Å². The third kappa shape index (κ3) is 7.69. The highest BCUT2D eigenvalue weighted by Crippen LogP contribution is 1.97. The van der Waals surface area contributed by atoms with Crippen LogP contribution in [0, 0.1) is 0 Å². The average molecular weight is 212 g/mol. The van der Waals surface area contributed by atoms with Gasteiger partial charge in [0.25, 0.3) is 10.1 Å². The van der Waals surface area contributed by atoms with Gasteiger partial charge in [-0.05, 0) is 0 Å². The van der Waals surface area contributed by atoms with Crippen molar-refractivity contribution >= 4 is 16.1 Å². The molecular weight excluding hydrogens is 200 g/mol. The summed E-state index contributed by atoms with van der Waals surface area (Å²) in [5.41, 5.74) is 0. The summed E-state index contributed by atoms with van der Waals surface area (Å²) in [7, 11) is -2.40. The van der Waals surface area contributed by atoms with Crippen LogP contribution in [0.3, 0.4) is 0 Å². The van der Waals surface area contributed by atoms with E-state index in [9.17, 15) is 13.2 Å². The molecule has 0 radical (unpaired) electrons. The van der Waals surface area contributed by atoms with Crippen molar-refractivity contribution < 1.29 is 27.2 Å². The van der Waals surface area contributed by atoms with E-state index in [1.165, 1.54) is 7.11 Å². The highest BCUT2D eigenvalue weighted by molar-refractivity contribution is 7.85. The van der Waals surface area contributed by atoms with Crippen molar-refractivity contribution in [3.63, 3.8) is 0 Å². The largest absolute Gasteiger partial charge is 0.469 e. The van der Waals surface area contributed by atoms with Crippen LogP contribution in [0.15, 0.2) is 0 Å². The van der Waals surface area contributed by atoms with Crippen LogP contribution in [0.25, 0.3) is 0 Å². The summed E-state index contributed by atoms with van der Waals surface area (Å²) in [5, 5.41) is 9.02. The number of aliphatic hydroxyl groups is 1. The van der Waals surface area contributed by atoms with Crippen LogP contribution in [0.2, 0.25) is 0 Å². The van der Waals surface area contributed by atoms with Crippen LogP contribution in [-0.2, 0) is 23.8 Å². The molecule has 0 fully saturated rings. The van der Waals surface area contributed by atoms with Gasteiger partial charge in [-0.25, -0.2) is 0 Å². The first-order valence-corrected chi connectivity index (χ1v) is 5.26. The lowest BCUT2D eigenvalue weighted by Gasteiger charge is -2.07. The number of rotatable bonds is 5. The van der Waals surface area contributed by atoms with Gasteiger partial charge in [-0.1, -0.05) is 0 Å². The van der Waals surface area contributed by atoms with Crippen LogP contribution in [-0.4, -0.2) is 45.6 Å². The number of carbonyl (C=O) groups is 1. The lowest BCUT2D eigenvalue weighted by molar-refractivity contribution is -0.143. The van der Waals surface area contributed by atoms with Gasteiger partial charge in [-0.3, -0.25) is 8.98 Å². The Hall–Kier alpha value is -0.660. The summed E-state index contributed by atoms with van der Waals surface area (Å²) in [5.74, 6) is -0.621. The second kappa shape index (κ2) is 5.15. The maximum absolute atomic E-state index is 10.6. The molecule has 78 valence electrons. The number of esters is 1. The molecule has 13 heavy (non-hydrogen) atoms. The Morgan fingerprint density at radius 1 is 1.54 bits per heavy atom. The Bertz CT molecular complexity index is 256. The number of ether oxygens (including phenoxy) is 1.